The molecule has 1 N–H and O–H groups in total. The van der Waals surface area contributed by atoms with Gasteiger partial charge in [0.25, 0.3) is 5.91 Å². The number of pyridine rings is 1. The van der Waals surface area contributed by atoms with Crippen LogP contribution in [-0.4, -0.2) is 48.6 Å². The van der Waals surface area contributed by atoms with E-state index in [-0.39, 0.29) is 12.5 Å². The molecule has 2 aliphatic rings. The molecule has 1 aliphatic carbocycles. The van der Waals surface area contributed by atoms with Crippen molar-refractivity contribution < 1.29 is 14.4 Å². The Kier molecular flexibility index (Phi) is 5.16. The topological polar surface area (TPSA) is 46.9 Å². The summed E-state index contributed by atoms with van der Waals surface area (Å²) in [7, 11) is 0. The van der Waals surface area contributed by atoms with E-state index in [4.69, 9.17) is 4.74 Å². The summed E-state index contributed by atoms with van der Waals surface area (Å²) in [5, 5.41) is 0. The number of benzene rings is 1. The van der Waals surface area contributed by atoms with Gasteiger partial charge in [0.05, 0.1) is 26.2 Å². The van der Waals surface area contributed by atoms with Crippen LogP contribution in [0.3, 0.4) is 0 Å². The van der Waals surface area contributed by atoms with E-state index in [9.17, 15) is 4.79 Å². The predicted molar refractivity (Wildman–Crippen MR) is 99.2 cm³/mol. The fourth-order valence-corrected chi connectivity index (χ4v) is 3.91. The molecule has 1 fully saturated rings. The molecule has 5 nitrogen and oxygen atoms in total. The summed E-state index contributed by atoms with van der Waals surface area (Å²) in [5.41, 5.74) is 4.11. The maximum absolute atomic E-state index is 12.5. The molecule has 4 rings (SSSR count). The van der Waals surface area contributed by atoms with Crippen LogP contribution in [0.15, 0.2) is 42.7 Å². The number of rotatable bonds is 5. The highest BCUT2D eigenvalue weighted by Gasteiger charge is 2.24. The highest BCUT2D eigenvalue weighted by molar-refractivity contribution is 5.77. The monoisotopic (exact) mass is 352 g/mol. The molecule has 1 aromatic heterocycles. The number of carbonyl (C=O) groups is 1. The van der Waals surface area contributed by atoms with Crippen LogP contribution in [0, 0.1) is 0 Å². The van der Waals surface area contributed by atoms with E-state index in [0.717, 1.165) is 44.9 Å². The Bertz CT molecular complexity index is 755. The number of nitrogens with zero attached hydrogens (tertiary/aromatic N) is 2. The number of hydrogen-bond acceptors (Lipinski definition) is 3. The van der Waals surface area contributed by atoms with E-state index in [1.165, 1.54) is 34.4 Å². The maximum Gasteiger partial charge on any atom is 0.260 e. The quantitative estimate of drug-likeness (QED) is 0.869. The fourth-order valence-electron chi connectivity index (χ4n) is 3.91. The van der Waals surface area contributed by atoms with Crippen molar-refractivity contribution in [2.75, 3.05) is 32.8 Å². The van der Waals surface area contributed by atoms with Crippen molar-refractivity contribution in [3.05, 3.63) is 59.4 Å². The zero-order valence-corrected chi connectivity index (χ0v) is 15.1. The van der Waals surface area contributed by atoms with Crippen LogP contribution in [0.2, 0.25) is 0 Å². The Morgan fingerprint density at radius 1 is 1.08 bits per heavy atom. The third-order valence-electron chi connectivity index (χ3n) is 5.46. The smallest absolute Gasteiger partial charge is 0.260 e. The van der Waals surface area contributed by atoms with Gasteiger partial charge in [-0.2, -0.15) is 0 Å². The molecule has 0 atom stereocenters. The number of nitrogens with one attached hydrogen (secondary N) is 1. The number of ether oxygens (including phenoxy) is 1. The average molecular weight is 352 g/mol. The van der Waals surface area contributed by atoms with Gasteiger partial charge in [0, 0.05) is 18.0 Å². The minimum Gasteiger partial charge on any atom is -0.484 e. The van der Waals surface area contributed by atoms with E-state index >= 15 is 0 Å². The molecule has 136 valence electrons. The van der Waals surface area contributed by atoms with Gasteiger partial charge in [-0.15, -0.1) is 0 Å². The largest absolute Gasteiger partial charge is 0.484 e. The summed E-state index contributed by atoms with van der Waals surface area (Å²) in [5.74, 6) is 0.911. The molecule has 1 aromatic carbocycles. The molecule has 0 unspecified atom stereocenters. The van der Waals surface area contributed by atoms with Gasteiger partial charge >= 0.3 is 0 Å². The summed E-state index contributed by atoms with van der Waals surface area (Å²) >= 11 is 0. The molecule has 0 saturated carbocycles. The minimum atomic E-state index is 0.0912. The van der Waals surface area contributed by atoms with Gasteiger partial charge in [-0.25, -0.2) is 0 Å². The maximum atomic E-state index is 12.5. The summed E-state index contributed by atoms with van der Waals surface area (Å²) in [6.45, 7) is 4.69. The molecule has 1 amide bonds. The van der Waals surface area contributed by atoms with Gasteiger partial charge in [-0.1, -0.05) is 6.07 Å². The second-order valence-electron chi connectivity index (χ2n) is 7.24. The average Bonchev–Trinajstić information content (AvgIpc) is 3.15. The van der Waals surface area contributed by atoms with Crippen LogP contribution in [0.25, 0.3) is 0 Å². The van der Waals surface area contributed by atoms with Crippen LogP contribution >= 0.6 is 0 Å². The van der Waals surface area contributed by atoms with E-state index in [1.54, 1.807) is 0 Å². The number of quaternary nitrogens is 1. The molecule has 5 heteroatoms. The third kappa shape index (κ3) is 4.05. The van der Waals surface area contributed by atoms with Gasteiger partial charge in [0.15, 0.2) is 6.61 Å². The third-order valence-corrected chi connectivity index (χ3v) is 5.46. The zero-order valence-electron chi connectivity index (χ0n) is 15.1. The van der Waals surface area contributed by atoms with Crippen molar-refractivity contribution >= 4 is 5.91 Å². The molecule has 1 saturated heterocycles. The number of aryl methyl sites for hydroxylation is 2. The molecular weight excluding hydrogens is 326 g/mol. The number of carbonyl (C=O) groups excluding carboxylic acids is 1. The Morgan fingerprint density at radius 2 is 1.85 bits per heavy atom. The Balaban J connectivity index is 1.23. The van der Waals surface area contributed by atoms with Crippen molar-refractivity contribution in [2.24, 2.45) is 0 Å². The van der Waals surface area contributed by atoms with E-state index in [2.05, 4.69) is 29.2 Å². The molecule has 0 radical (unpaired) electrons. The van der Waals surface area contributed by atoms with Crippen LogP contribution in [0.5, 0.6) is 5.75 Å². The van der Waals surface area contributed by atoms with Crippen LogP contribution in [0.4, 0.5) is 0 Å². The van der Waals surface area contributed by atoms with Crippen molar-refractivity contribution in [2.45, 2.75) is 25.8 Å². The number of aromatic nitrogens is 1. The number of fused-ring (bicyclic) bond motifs is 1. The van der Waals surface area contributed by atoms with Crippen molar-refractivity contribution in [1.82, 2.24) is 9.88 Å². The Labute approximate surface area is 154 Å². The second-order valence-corrected chi connectivity index (χ2v) is 7.24. The molecule has 2 aromatic rings. The fraction of sp³-hybridized carbons (Fsp3) is 0.429. The molecule has 0 spiro atoms. The number of piperazine rings is 1. The molecular formula is C21H26N3O2+. The van der Waals surface area contributed by atoms with Crippen LogP contribution in [0.1, 0.15) is 23.1 Å². The first-order valence-corrected chi connectivity index (χ1v) is 9.53. The lowest BCUT2D eigenvalue weighted by Gasteiger charge is -2.32. The highest BCUT2D eigenvalue weighted by atomic mass is 16.5. The van der Waals surface area contributed by atoms with Crippen molar-refractivity contribution in [3.63, 3.8) is 0 Å². The van der Waals surface area contributed by atoms with Crippen molar-refractivity contribution in [3.8, 4) is 5.75 Å². The molecule has 2 heterocycles. The summed E-state index contributed by atoms with van der Waals surface area (Å²) in [4.78, 5) is 20.0. The predicted octanol–water partition coefficient (Wildman–Crippen LogP) is 0.876. The van der Waals surface area contributed by atoms with Gasteiger partial charge in [0.1, 0.15) is 12.3 Å². The lowest BCUT2D eigenvalue weighted by molar-refractivity contribution is -0.917. The Hall–Kier alpha value is -2.40. The van der Waals surface area contributed by atoms with Crippen molar-refractivity contribution in [1.29, 1.82) is 0 Å². The zero-order chi connectivity index (χ0) is 17.8. The molecule has 0 bridgehead atoms. The molecule has 1 aliphatic heterocycles. The van der Waals surface area contributed by atoms with Gasteiger partial charge in [-0.05, 0) is 54.7 Å². The van der Waals surface area contributed by atoms with E-state index < -0.39 is 0 Å². The first kappa shape index (κ1) is 17.0. The lowest BCUT2D eigenvalue weighted by Crippen LogP contribution is -3.13. The summed E-state index contributed by atoms with van der Waals surface area (Å²) < 4.78 is 5.76. The summed E-state index contributed by atoms with van der Waals surface area (Å²) in [6, 6.07) is 10.4. The van der Waals surface area contributed by atoms with Gasteiger partial charge < -0.3 is 14.5 Å². The van der Waals surface area contributed by atoms with Gasteiger partial charge in [0.2, 0.25) is 0 Å². The lowest BCUT2D eigenvalue weighted by atomic mass is 10.1. The van der Waals surface area contributed by atoms with E-state index in [1.807, 2.05) is 23.4 Å². The Morgan fingerprint density at radius 3 is 2.65 bits per heavy atom. The normalized spacial score (nSPS) is 17.2. The first-order chi connectivity index (χ1) is 12.8. The number of hydrogen-bond donors (Lipinski definition) is 1. The van der Waals surface area contributed by atoms with Crippen LogP contribution < -0.4 is 9.64 Å². The van der Waals surface area contributed by atoms with Gasteiger partial charge in [-0.3, -0.25) is 9.78 Å². The highest BCUT2D eigenvalue weighted by Crippen LogP contribution is 2.25. The first-order valence-electron chi connectivity index (χ1n) is 9.53. The molecule has 26 heavy (non-hydrogen) atoms. The summed E-state index contributed by atoms with van der Waals surface area (Å²) in [6.07, 6.45) is 7.20. The number of amides is 1. The second kappa shape index (κ2) is 7.87. The SMILES string of the molecule is O=C(COc1ccc2c(c1)CCC2)N1CC[NH+](Cc2ccncc2)CC1. The van der Waals surface area contributed by atoms with Crippen LogP contribution in [-0.2, 0) is 24.2 Å². The standard InChI is InChI=1S/C21H25N3O2/c25-21(16-26-20-5-4-18-2-1-3-19(18)14-20)24-12-10-23(11-13-24)15-17-6-8-22-9-7-17/h4-9,14H,1-3,10-13,15-16H2/p+1. The minimum absolute atomic E-state index is 0.0912. The van der Waals surface area contributed by atoms with E-state index in [0.29, 0.717) is 0 Å².